The predicted octanol–water partition coefficient (Wildman–Crippen LogP) is 4.18. The van der Waals surface area contributed by atoms with Crippen LogP contribution in [0, 0.1) is 0 Å². The van der Waals surface area contributed by atoms with Crippen molar-refractivity contribution in [2.75, 3.05) is 35.0 Å². The van der Waals surface area contributed by atoms with Gasteiger partial charge in [-0.3, -0.25) is 0 Å². The van der Waals surface area contributed by atoms with E-state index in [1.165, 1.54) is 5.56 Å². The van der Waals surface area contributed by atoms with Gasteiger partial charge in [-0.2, -0.15) is 0 Å². The van der Waals surface area contributed by atoms with Crippen LogP contribution in [-0.4, -0.2) is 40.0 Å². The molecule has 154 valence electrons. The lowest BCUT2D eigenvalue weighted by Gasteiger charge is -2.13. The standard InChI is InChI=1S/C22H26N2O4S/c1-25-17-8-6-5-7-15(17)9-10-23-14-21-24-13-20(29-21)16-11-18(26-2)22(28-4)19(12-16)27-3/h5-8,11-13,23H,9-10,14H2,1-4H3. The summed E-state index contributed by atoms with van der Waals surface area (Å²) in [6, 6.07) is 12.0. The summed E-state index contributed by atoms with van der Waals surface area (Å²) in [5, 5.41) is 4.47. The smallest absolute Gasteiger partial charge is 0.203 e. The number of benzene rings is 2. The predicted molar refractivity (Wildman–Crippen MR) is 116 cm³/mol. The molecule has 0 aliphatic carbocycles. The number of methoxy groups -OCH3 is 4. The summed E-state index contributed by atoms with van der Waals surface area (Å²) >= 11 is 1.64. The van der Waals surface area contributed by atoms with Gasteiger partial charge >= 0.3 is 0 Å². The fourth-order valence-electron chi connectivity index (χ4n) is 3.08. The number of ether oxygens (including phenoxy) is 4. The molecule has 0 saturated heterocycles. The zero-order valence-electron chi connectivity index (χ0n) is 17.2. The van der Waals surface area contributed by atoms with E-state index in [0.29, 0.717) is 23.8 Å². The van der Waals surface area contributed by atoms with Gasteiger partial charge in [0.25, 0.3) is 0 Å². The quantitative estimate of drug-likeness (QED) is 0.502. The molecule has 0 saturated carbocycles. The van der Waals surface area contributed by atoms with Crippen LogP contribution >= 0.6 is 11.3 Å². The number of hydrogen-bond acceptors (Lipinski definition) is 7. The second-order valence-corrected chi connectivity index (χ2v) is 7.39. The van der Waals surface area contributed by atoms with E-state index in [9.17, 15) is 0 Å². The maximum absolute atomic E-state index is 5.44. The molecule has 0 fully saturated rings. The maximum atomic E-state index is 5.44. The summed E-state index contributed by atoms with van der Waals surface area (Å²) < 4.78 is 21.7. The Labute approximate surface area is 175 Å². The first kappa shape index (κ1) is 21.0. The fraction of sp³-hybridized carbons (Fsp3) is 0.318. The van der Waals surface area contributed by atoms with Crippen molar-refractivity contribution < 1.29 is 18.9 Å². The minimum Gasteiger partial charge on any atom is -0.496 e. The van der Waals surface area contributed by atoms with Gasteiger partial charge in [0.1, 0.15) is 10.8 Å². The normalized spacial score (nSPS) is 10.6. The van der Waals surface area contributed by atoms with Crippen LogP contribution in [0.25, 0.3) is 10.4 Å². The Hall–Kier alpha value is -2.77. The van der Waals surface area contributed by atoms with Gasteiger partial charge in [0.2, 0.25) is 5.75 Å². The third kappa shape index (κ3) is 4.99. The molecular formula is C22H26N2O4S. The number of aromatic nitrogens is 1. The van der Waals surface area contributed by atoms with E-state index in [1.54, 1.807) is 39.8 Å². The minimum atomic E-state index is 0.585. The van der Waals surface area contributed by atoms with Crippen molar-refractivity contribution >= 4 is 11.3 Å². The number of rotatable bonds is 10. The van der Waals surface area contributed by atoms with Crippen molar-refractivity contribution in [3.05, 3.63) is 53.2 Å². The first-order chi connectivity index (χ1) is 14.2. The molecular weight excluding hydrogens is 388 g/mol. The summed E-state index contributed by atoms with van der Waals surface area (Å²) in [6.45, 7) is 1.56. The average molecular weight is 415 g/mol. The van der Waals surface area contributed by atoms with E-state index < -0.39 is 0 Å². The molecule has 29 heavy (non-hydrogen) atoms. The topological polar surface area (TPSA) is 61.8 Å². The number of nitrogens with one attached hydrogen (secondary N) is 1. The first-order valence-electron chi connectivity index (χ1n) is 9.27. The molecule has 1 aromatic heterocycles. The zero-order chi connectivity index (χ0) is 20.6. The van der Waals surface area contributed by atoms with E-state index in [0.717, 1.165) is 34.2 Å². The van der Waals surface area contributed by atoms with Gasteiger partial charge < -0.3 is 24.3 Å². The highest BCUT2D eigenvalue weighted by Gasteiger charge is 2.15. The Bertz CT molecular complexity index is 917. The van der Waals surface area contributed by atoms with Crippen LogP contribution in [0.4, 0.5) is 0 Å². The third-order valence-corrected chi connectivity index (χ3v) is 5.59. The fourth-order valence-corrected chi connectivity index (χ4v) is 3.95. The molecule has 3 rings (SSSR count). The van der Waals surface area contributed by atoms with Gasteiger partial charge in [0.15, 0.2) is 11.5 Å². The lowest BCUT2D eigenvalue weighted by atomic mass is 10.1. The van der Waals surface area contributed by atoms with Crippen molar-refractivity contribution in [1.82, 2.24) is 10.3 Å². The van der Waals surface area contributed by atoms with Crippen molar-refractivity contribution in [3.63, 3.8) is 0 Å². The zero-order valence-corrected chi connectivity index (χ0v) is 18.0. The van der Waals surface area contributed by atoms with E-state index in [1.807, 2.05) is 36.5 Å². The third-order valence-electron chi connectivity index (χ3n) is 4.54. The van der Waals surface area contributed by atoms with Crippen LogP contribution in [0.5, 0.6) is 23.0 Å². The van der Waals surface area contributed by atoms with Crippen LogP contribution in [0.2, 0.25) is 0 Å². The molecule has 3 aromatic rings. The average Bonchev–Trinajstić information content (AvgIpc) is 3.24. The molecule has 0 spiro atoms. The molecule has 0 bridgehead atoms. The van der Waals surface area contributed by atoms with E-state index in [4.69, 9.17) is 18.9 Å². The summed E-state index contributed by atoms with van der Waals surface area (Å²) in [4.78, 5) is 5.59. The Morgan fingerprint density at radius 2 is 1.59 bits per heavy atom. The number of para-hydroxylation sites is 1. The summed E-state index contributed by atoms with van der Waals surface area (Å²) in [6.07, 6.45) is 2.78. The number of thiazole rings is 1. The van der Waals surface area contributed by atoms with Crippen LogP contribution in [-0.2, 0) is 13.0 Å². The van der Waals surface area contributed by atoms with Gasteiger partial charge in [0, 0.05) is 18.3 Å². The van der Waals surface area contributed by atoms with E-state index in [2.05, 4.69) is 16.4 Å². The first-order valence-corrected chi connectivity index (χ1v) is 10.1. The van der Waals surface area contributed by atoms with Crippen molar-refractivity contribution in [3.8, 4) is 33.4 Å². The Morgan fingerprint density at radius 3 is 2.24 bits per heavy atom. The molecule has 6 nitrogen and oxygen atoms in total. The highest BCUT2D eigenvalue weighted by Crippen LogP contribution is 2.42. The van der Waals surface area contributed by atoms with Gasteiger partial charge in [-0.1, -0.05) is 18.2 Å². The van der Waals surface area contributed by atoms with Gasteiger partial charge in [-0.15, -0.1) is 11.3 Å². The summed E-state index contributed by atoms with van der Waals surface area (Å²) in [7, 11) is 6.53. The van der Waals surface area contributed by atoms with Crippen molar-refractivity contribution in [2.45, 2.75) is 13.0 Å². The molecule has 0 aliphatic rings. The number of nitrogens with zero attached hydrogens (tertiary/aromatic N) is 1. The van der Waals surface area contributed by atoms with Gasteiger partial charge in [-0.05, 0) is 36.7 Å². The van der Waals surface area contributed by atoms with E-state index >= 15 is 0 Å². The summed E-state index contributed by atoms with van der Waals surface area (Å²) in [5.74, 6) is 2.77. The molecule has 0 aliphatic heterocycles. The largest absolute Gasteiger partial charge is 0.496 e. The minimum absolute atomic E-state index is 0.585. The van der Waals surface area contributed by atoms with Crippen LogP contribution in [0.15, 0.2) is 42.6 Å². The summed E-state index contributed by atoms with van der Waals surface area (Å²) in [5.41, 5.74) is 2.18. The van der Waals surface area contributed by atoms with Crippen LogP contribution in [0.3, 0.4) is 0 Å². The molecule has 0 amide bonds. The molecule has 7 heteroatoms. The maximum Gasteiger partial charge on any atom is 0.203 e. The van der Waals surface area contributed by atoms with Gasteiger partial charge in [-0.25, -0.2) is 4.98 Å². The molecule has 0 radical (unpaired) electrons. The second-order valence-electron chi connectivity index (χ2n) is 6.27. The molecule has 0 atom stereocenters. The number of hydrogen-bond donors (Lipinski definition) is 1. The Morgan fingerprint density at radius 1 is 0.897 bits per heavy atom. The second kappa shape index (κ2) is 10.1. The molecule has 2 aromatic carbocycles. The van der Waals surface area contributed by atoms with E-state index in [-0.39, 0.29) is 0 Å². The van der Waals surface area contributed by atoms with Crippen molar-refractivity contribution in [1.29, 1.82) is 0 Å². The van der Waals surface area contributed by atoms with Crippen LogP contribution < -0.4 is 24.3 Å². The highest BCUT2D eigenvalue weighted by atomic mass is 32.1. The Kier molecular flexibility index (Phi) is 7.32. The SMILES string of the molecule is COc1ccccc1CCNCc1ncc(-c2cc(OC)c(OC)c(OC)c2)s1. The van der Waals surface area contributed by atoms with Crippen LogP contribution in [0.1, 0.15) is 10.6 Å². The molecule has 0 unspecified atom stereocenters. The Balaban J connectivity index is 1.64. The molecule has 1 N–H and O–H groups in total. The lowest BCUT2D eigenvalue weighted by Crippen LogP contribution is -2.16. The lowest BCUT2D eigenvalue weighted by molar-refractivity contribution is 0.324. The van der Waals surface area contributed by atoms with Gasteiger partial charge in [0.05, 0.1) is 33.3 Å². The molecule has 1 heterocycles. The monoisotopic (exact) mass is 414 g/mol. The van der Waals surface area contributed by atoms with Crippen molar-refractivity contribution in [2.24, 2.45) is 0 Å². The highest BCUT2D eigenvalue weighted by molar-refractivity contribution is 7.15.